The number of carbonyl (C=O) groups is 1. The van der Waals surface area contributed by atoms with Gasteiger partial charge in [-0.05, 0) is 48.9 Å². The van der Waals surface area contributed by atoms with Gasteiger partial charge in [0.1, 0.15) is 0 Å². The van der Waals surface area contributed by atoms with Crippen LogP contribution in [-0.4, -0.2) is 30.5 Å². The molecule has 0 spiro atoms. The van der Waals surface area contributed by atoms with Crippen molar-refractivity contribution in [1.82, 2.24) is 8.96 Å². The number of esters is 1. The smallest absolute Gasteiger partial charge is 0.416 e. The van der Waals surface area contributed by atoms with E-state index in [9.17, 15) is 26.4 Å². The van der Waals surface area contributed by atoms with Crippen LogP contribution in [0.1, 0.15) is 17.7 Å². The Morgan fingerprint density at radius 3 is 2.62 bits per heavy atom. The van der Waals surface area contributed by atoms with E-state index in [1.54, 1.807) is 0 Å². The molecule has 0 fully saturated rings. The minimum Gasteiger partial charge on any atom is -0.469 e. The second kappa shape index (κ2) is 7.78. The maximum Gasteiger partial charge on any atom is 0.416 e. The van der Waals surface area contributed by atoms with E-state index in [0.29, 0.717) is 10.2 Å². The van der Waals surface area contributed by atoms with Crippen molar-refractivity contribution in [2.24, 2.45) is 0 Å². The number of anilines is 1. The lowest BCUT2D eigenvalue weighted by molar-refractivity contribution is -0.140. The third kappa shape index (κ3) is 3.91. The zero-order valence-corrected chi connectivity index (χ0v) is 18.1. The second-order valence-electron chi connectivity index (χ2n) is 6.93. The van der Waals surface area contributed by atoms with E-state index >= 15 is 0 Å². The molecule has 0 aliphatic carbocycles. The summed E-state index contributed by atoms with van der Waals surface area (Å²) >= 11 is 1.12. The van der Waals surface area contributed by atoms with Crippen molar-refractivity contribution in [3.8, 4) is 0 Å². The van der Waals surface area contributed by atoms with Gasteiger partial charge in [-0.2, -0.15) is 13.2 Å². The molecular formula is C20H16F3N3O4S2. The Hall–Kier alpha value is -3.12. The highest BCUT2D eigenvalue weighted by Crippen LogP contribution is 2.35. The third-order valence-electron chi connectivity index (χ3n) is 4.88. The molecule has 7 nitrogen and oxygen atoms in total. The summed E-state index contributed by atoms with van der Waals surface area (Å²) in [6.07, 6.45) is -4.77. The van der Waals surface area contributed by atoms with Gasteiger partial charge >= 0.3 is 12.1 Å². The molecule has 2 aromatic heterocycles. The van der Waals surface area contributed by atoms with Crippen molar-refractivity contribution in [2.45, 2.75) is 23.9 Å². The van der Waals surface area contributed by atoms with Crippen molar-refractivity contribution in [3.05, 3.63) is 53.7 Å². The normalized spacial score (nSPS) is 12.5. The van der Waals surface area contributed by atoms with Gasteiger partial charge < -0.3 is 10.5 Å². The zero-order chi connectivity index (χ0) is 23.3. The topological polar surface area (TPSA) is 104 Å². The fourth-order valence-corrected chi connectivity index (χ4v) is 5.85. The van der Waals surface area contributed by atoms with Gasteiger partial charge in [0.15, 0.2) is 5.13 Å². The van der Waals surface area contributed by atoms with Crippen molar-refractivity contribution in [1.29, 1.82) is 0 Å². The van der Waals surface area contributed by atoms with Crippen LogP contribution >= 0.6 is 11.3 Å². The Bertz CT molecular complexity index is 1460. The van der Waals surface area contributed by atoms with Crippen LogP contribution in [0.3, 0.4) is 0 Å². The van der Waals surface area contributed by atoms with Crippen LogP contribution < -0.4 is 5.73 Å². The molecule has 0 unspecified atom stereocenters. The summed E-state index contributed by atoms with van der Waals surface area (Å²) in [6.45, 7) is 0. The molecule has 0 radical (unpaired) electrons. The Morgan fingerprint density at radius 2 is 1.94 bits per heavy atom. The Labute approximate surface area is 184 Å². The molecule has 0 amide bonds. The number of alkyl halides is 3. The Kier molecular flexibility index (Phi) is 5.37. The molecule has 4 rings (SSSR count). The van der Waals surface area contributed by atoms with Gasteiger partial charge in [-0.15, -0.1) is 0 Å². The monoisotopic (exact) mass is 483 g/mol. The van der Waals surface area contributed by atoms with Gasteiger partial charge in [0.25, 0.3) is 10.0 Å². The number of halogens is 3. The molecule has 32 heavy (non-hydrogen) atoms. The standard InChI is InChI=1S/C20H16F3N3O4S2/c1-30-18(27)7-3-13-9-11-8-12(20(21,22)23)2-6-16(11)26(13)32(28,29)14-4-5-15-17(10-14)31-19(24)25-15/h2,4-6,8-10H,3,7H2,1H3,(H2,24,25). The number of hydrogen-bond donors (Lipinski definition) is 1. The maximum absolute atomic E-state index is 13.6. The van der Waals surface area contributed by atoms with Crippen LogP contribution in [0.4, 0.5) is 18.3 Å². The minimum atomic E-state index is -4.58. The Morgan fingerprint density at radius 1 is 1.19 bits per heavy atom. The maximum atomic E-state index is 13.6. The molecule has 0 aliphatic heterocycles. The highest BCUT2D eigenvalue weighted by atomic mass is 32.2. The summed E-state index contributed by atoms with van der Waals surface area (Å²) in [4.78, 5) is 15.6. The number of carbonyl (C=O) groups excluding carboxylic acids is 1. The number of nitrogens with zero attached hydrogens (tertiary/aromatic N) is 2. The lowest BCUT2D eigenvalue weighted by Gasteiger charge is -2.12. The molecule has 168 valence electrons. The number of hydrogen-bond acceptors (Lipinski definition) is 7. The first-order valence-corrected chi connectivity index (χ1v) is 11.5. The number of nitrogen functional groups attached to an aromatic ring is 1. The molecule has 0 saturated carbocycles. The number of benzene rings is 2. The predicted octanol–water partition coefficient (Wildman–Crippen LogP) is 4.19. The summed E-state index contributed by atoms with van der Waals surface area (Å²) in [6, 6.07) is 8.45. The lowest BCUT2D eigenvalue weighted by Crippen LogP contribution is -2.16. The summed E-state index contributed by atoms with van der Waals surface area (Å²) in [5, 5.41) is 0.366. The predicted molar refractivity (Wildman–Crippen MR) is 114 cm³/mol. The first-order valence-electron chi connectivity index (χ1n) is 9.21. The molecule has 2 aromatic carbocycles. The molecule has 0 atom stereocenters. The molecule has 4 aromatic rings. The molecule has 0 aliphatic rings. The van der Waals surface area contributed by atoms with E-state index < -0.39 is 27.7 Å². The second-order valence-corrected chi connectivity index (χ2v) is 9.78. The molecule has 12 heteroatoms. The molecule has 2 N–H and O–H groups in total. The first kappa shape index (κ1) is 22.1. The van der Waals surface area contributed by atoms with E-state index in [-0.39, 0.29) is 39.5 Å². The summed E-state index contributed by atoms with van der Waals surface area (Å²) < 4.78 is 72.7. The van der Waals surface area contributed by atoms with Gasteiger partial charge in [0.2, 0.25) is 0 Å². The number of fused-ring (bicyclic) bond motifs is 2. The number of nitrogens with two attached hydrogens (primary N) is 1. The number of thiazole rings is 1. The number of methoxy groups -OCH3 is 1. The van der Waals surface area contributed by atoms with E-state index in [4.69, 9.17) is 5.73 Å². The average Bonchev–Trinajstić information content (AvgIpc) is 3.29. The minimum absolute atomic E-state index is 0.0440. The molecule has 0 saturated heterocycles. The van der Waals surface area contributed by atoms with Crippen molar-refractivity contribution in [3.63, 3.8) is 0 Å². The number of aromatic nitrogens is 2. The van der Waals surface area contributed by atoms with Crippen molar-refractivity contribution >= 4 is 53.6 Å². The van der Waals surface area contributed by atoms with Crippen LogP contribution in [0.25, 0.3) is 21.1 Å². The van der Waals surface area contributed by atoms with E-state index in [1.165, 1.54) is 31.4 Å². The molecular weight excluding hydrogens is 467 g/mol. The first-order chi connectivity index (χ1) is 15.0. The van der Waals surface area contributed by atoms with Crippen LogP contribution in [0.2, 0.25) is 0 Å². The van der Waals surface area contributed by atoms with Gasteiger partial charge in [0, 0.05) is 11.1 Å². The zero-order valence-electron chi connectivity index (χ0n) is 16.5. The van der Waals surface area contributed by atoms with E-state index in [2.05, 4.69) is 9.72 Å². The molecule has 2 heterocycles. The summed E-state index contributed by atoms with van der Waals surface area (Å²) in [5.74, 6) is -0.572. The fraction of sp³-hybridized carbons (Fsp3) is 0.200. The van der Waals surface area contributed by atoms with Crippen LogP contribution in [-0.2, 0) is 32.2 Å². The van der Waals surface area contributed by atoms with Crippen LogP contribution in [0.15, 0.2) is 47.4 Å². The van der Waals surface area contributed by atoms with Gasteiger partial charge in [-0.1, -0.05) is 11.3 Å². The summed E-state index contributed by atoms with van der Waals surface area (Å²) in [7, 11) is -3.02. The summed E-state index contributed by atoms with van der Waals surface area (Å²) in [5.41, 5.74) is 5.55. The fourth-order valence-electron chi connectivity index (χ4n) is 3.40. The van der Waals surface area contributed by atoms with Gasteiger partial charge in [-0.3, -0.25) is 4.79 Å². The van der Waals surface area contributed by atoms with Crippen molar-refractivity contribution in [2.75, 3.05) is 12.8 Å². The largest absolute Gasteiger partial charge is 0.469 e. The number of aryl methyl sites for hydroxylation is 1. The number of rotatable bonds is 5. The van der Waals surface area contributed by atoms with Gasteiger partial charge in [0.05, 0.1) is 39.7 Å². The van der Waals surface area contributed by atoms with E-state index in [1.807, 2.05) is 0 Å². The van der Waals surface area contributed by atoms with Crippen LogP contribution in [0.5, 0.6) is 0 Å². The van der Waals surface area contributed by atoms with Crippen molar-refractivity contribution < 1.29 is 31.1 Å². The Balaban J connectivity index is 1.91. The van der Waals surface area contributed by atoms with Crippen LogP contribution in [0, 0.1) is 0 Å². The number of ether oxygens (including phenoxy) is 1. The van der Waals surface area contributed by atoms with E-state index in [0.717, 1.165) is 33.5 Å². The highest BCUT2D eigenvalue weighted by molar-refractivity contribution is 7.90. The highest BCUT2D eigenvalue weighted by Gasteiger charge is 2.32. The molecule has 0 bridgehead atoms. The third-order valence-corrected chi connectivity index (χ3v) is 7.49. The lowest BCUT2D eigenvalue weighted by atomic mass is 10.1. The SMILES string of the molecule is COC(=O)CCc1cc2cc(C(F)(F)F)ccc2n1S(=O)(=O)c1ccc2nc(N)sc2c1. The quantitative estimate of drug-likeness (QED) is 0.427. The van der Waals surface area contributed by atoms with Gasteiger partial charge in [-0.25, -0.2) is 17.4 Å². The average molecular weight is 483 g/mol.